The summed E-state index contributed by atoms with van der Waals surface area (Å²) in [6.07, 6.45) is 3.38. The molecule has 0 spiro atoms. The van der Waals surface area contributed by atoms with Gasteiger partial charge < -0.3 is 10.1 Å². The Morgan fingerprint density at radius 1 is 1.33 bits per heavy atom. The van der Waals surface area contributed by atoms with Crippen molar-refractivity contribution < 1.29 is 9.53 Å². The van der Waals surface area contributed by atoms with Crippen molar-refractivity contribution in [1.29, 1.82) is 0 Å². The van der Waals surface area contributed by atoms with Gasteiger partial charge in [-0.15, -0.1) is 11.3 Å². The number of carbonyl (C=O) groups is 1. The van der Waals surface area contributed by atoms with E-state index >= 15 is 0 Å². The highest BCUT2D eigenvalue weighted by atomic mass is 32.1. The van der Waals surface area contributed by atoms with Crippen molar-refractivity contribution in [2.45, 2.75) is 6.54 Å². The molecule has 0 bridgehead atoms. The number of hydrogen-bond donors (Lipinski definition) is 1. The molecule has 2 aromatic heterocycles. The third-order valence-corrected chi connectivity index (χ3v) is 5.80. The predicted molar refractivity (Wildman–Crippen MR) is 93.8 cm³/mol. The molecule has 24 heavy (non-hydrogen) atoms. The SMILES string of the molecule is O=C(Nc1cccnc1)[C@@H]1COC[C@H]2CN(Cc3cccs3)C[C@H]21. The van der Waals surface area contributed by atoms with Crippen LogP contribution in [0.2, 0.25) is 0 Å². The van der Waals surface area contributed by atoms with Gasteiger partial charge >= 0.3 is 0 Å². The van der Waals surface area contributed by atoms with Gasteiger partial charge in [0.1, 0.15) is 0 Å². The van der Waals surface area contributed by atoms with Crippen LogP contribution in [0.1, 0.15) is 4.88 Å². The molecule has 4 heterocycles. The average Bonchev–Trinajstić information content (AvgIpc) is 3.24. The Kier molecular flexibility index (Phi) is 4.60. The quantitative estimate of drug-likeness (QED) is 0.927. The lowest BCUT2D eigenvalue weighted by Gasteiger charge is -2.32. The smallest absolute Gasteiger partial charge is 0.230 e. The van der Waals surface area contributed by atoms with Gasteiger partial charge in [0.05, 0.1) is 31.0 Å². The molecule has 0 radical (unpaired) electrons. The average molecular weight is 343 g/mol. The summed E-state index contributed by atoms with van der Waals surface area (Å²) >= 11 is 1.79. The summed E-state index contributed by atoms with van der Waals surface area (Å²) in [6, 6.07) is 7.96. The van der Waals surface area contributed by atoms with Crippen molar-refractivity contribution in [2.24, 2.45) is 17.8 Å². The number of amides is 1. The van der Waals surface area contributed by atoms with Gasteiger partial charge in [0, 0.05) is 30.7 Å². The Labute approximate surface area is 145 Å². The maximum Gasteiger partial charge on any atom is 0.230 e. The van der Waals surface area contributed by atoms with Crippen LogP contribution in [0.5, 0.6) is 0 Å². The van der Waals surface area contributed by atoms with E-state index in [0.717, 1.165) is 31.9 Å². The third-order valence-electron chi connectivity index (χ3n) is 4.94. The van der Waals surface area contributed by atoms with Gasteiger partial charge in [0.25, 0.3) is 0 Å². The van der Waals surface area contributed by atoms with Crippen LogP contribution in [-0.4, -0.2) is 42.1 Å². The molecule has 126 valence electrons. The fraction of sp³-hybridized carbons (Fsp3) is 0.444. The molecular formula is C18H21N3O2S. The van der Waals surface area contributed by atoms with Crippen molar-refractivity contribution in [2.75, 3.05) is 31.6 Å². The molecule has 6 heteroatoms. The summed E-state index contributed by atoms with van der Waals surface area (Å²) in [4.78, 5) is 20.6. The number of thiophene rings is 1. The maximum absolute atomic E-state index is 12.7. The Balaban J connectivity index is 1.42. The van der Waals surface area contributed by atoms with Crippen LogP contribution in [0.4, 0.5) is 5.69 Å². The molecule has 5 nitrogen and oxygen atoms in total. The van der Waals surface area contributed by atoms with E-state index in [-0.39, 0.29) is 11.8 Å². The highest BCUT2D eigenvalue weighted by molar-refractivity contribution is 7.09. The number of nitrogens with one attached hydrogen (secondary N) is 1. The molecule has 2 fully saturated rings. The molecule has 3 atom stereocenters. The van der Waals surface area contributed by atoms with Crippen LogP contribution in [0.15, 0.2) is 42.0 Å². The first-order valence-corrected chi connectivity index (χ1v) is 9.21. The third kappa shape index (κ3) is 3.36. The zero-order valence-corrected chi connectivity index (χ0v) is 14.2. The van der Waals surface area contributed by atoms with E-state index in [1.165, 1.54) is 4.88 Å². The topological polar surface area (TPSA) is 54.5 Å². The molecule has 2 aliphatic rings. The van der Waals surface area contributed by atoms with Crippen molar-refractivity contribution in [3.63, 3.8) is 0 Å². The summed E-state index contributed by atoms with van der Waals surface area (Å²) < 4.78 is 5.74. The van der Waals surface area contributed by atoms with E-state index in [1.54, 1.807) is 23.7 Å². The number of pyridine rings is 1. The second-order valence-corrected chi connectivity index (χ2v) is 7.60. The molecule has 0 aromatic carbocycles. The van der Waals surface area contributed by atoms with Crippen molar-refractivity contribution in [1.82, 2.24) is 9.88 Å². The lowest BCUT2D eigenvalue weighted by molar-refractivity contribution is -0.128. The lowest BCUT2D eigenvalue weighted by atomic mass is 9.82. The van der Waals surface area contributed by atoms with Crippen LogP contribution >= 0.6 is 11.3 Å². The first kappa shape index (κ1) is 15.7. The van der Waals surface area contributed by atoms with Gasteiger partial charge in [-0.1, -0.05) is 6.07 Å². The van der Waals surface area contributed by atoms with E-state index < -0.39 is 0 Å². The number of fused-ring (bicyclic) bond motifs is 1. The van der Waals surface area contributed by atoms with E-state index in [2.05, 4.69) is 32.7 Å². The number of hydrogen-bond acceptors (Lipinski definition) is 5. The molecule has 2 aliphatic heterocycles. The van der Waals surface area contributed by atoms with E-state index in [4.69, 9.17) is 4.74 Å². The number of carbonyl (C=O) groups excluding carboxylic acids is 1. The highest BCUT2D eigenvalue weighted by Crippen LogP contribution is 2.35. The zero-order valence-electron chi connectivity index (χ0n) is 13.4. The first-order valence-electron chi connectivity index (χ1n) is 8.33. The Hall–Kier alpha value is -1.76. The van der Waals surface area contributed by atoms with Gasteiger partial charge in [-0.25, -0.2) is 0 Å². The van der Waals surface area contributed by atoms with Gasteiger partial charge in [-0.2, -0.15) is 0 Å². The molecular weight excluding hydrogens is 322 g/mol. The number of anilines is 1. The fourth-order valence-electron chi connectivity index (χ4n) is 3.78. The number of likely N-dealkylation sites (tertiary alicyclic amines) is 1. The van der Waals surface area contributed by atoms with Gasteiger partial charge in [0.15, 0.2) is 0 Å². The summed E-state index contributed by atoms with van der Waals surface area (Å²) in [5, 5.41) is 5.10. The molecule has 2 saturated heterocycles. The number of ether oxygens (including phenoxy) is 1. The minimum Gasteiger partial charge on any atom is -0.380 e. The summed E-state index contributed by atoms with van der Waals surface area (Å²) in [5.41, 5.74) is 0.748. The van der Waals surface area contributed by atoms with Crippen LogP contribution in [0.3, 0.4) is 0 Å². The largest absolute Gasteiger partial charge is 0.380 e. The van der Waals surface area contributed by atoms with Gasteiger partial charge in [-0.3, -0.25) is 14.7 Å². The van der Waals surface area contributed by atoms with Crippen LogP contribution in [0.25, 0.3) is 0 Å². The summed E-state index contributed by atoms with van der Waals surface area (Å²) in [5.74, 6) is 0.784. The minimum atomic E-state index is -0.0858. The van der Waals surface area contributed by atoms with E-state index in [1.807, 2.05) is 12.1 Å². The molecule has 2 aromatic rings. The van der Waals surface area contributed by atoms with Crippen LogP contribution < -0.4 is 5.32 Å². The monoisotopic (exact) mass is 343 g/mol. The summed E-state index contributed by atoms with van der Waals surface area (Å²) in [7, 11) is 0. The maximum atomic E-state index is 12.7. The van der Waals surface area contributed by atoms with Crippen molar-refractivity contribution >= 4 is 22.9 Å². The van der Waals surface area contributed by atoms with Crippen LogP contribution in [0, 0.1) is 17.8 Å². The Morgan fingerprint density at radius 3 is 3.08 bits per heavy atom. The van der Waals surface area contributed by atoms with Gasteiger partial charge in [-0.05, 0) is 35.4 Å². The number of aromatic nitrogens is 1. The van der Waals surface area contributed by atoms with Crippen molar-refractivity contribution in [3.05, 3.63) is 46.9 Å². The fourth-order valence-corrected chi connectivity index (χ4v) is 4.53. The molecule has 4 rings (SSSR count). The molecule has 0 aliphatic carbocycles. The van der Waals surface area contributed by atoms with Crippen LogP contribution in [-0.2, 0) is 16.1 Å². The summed E-state index contributed by atoms with van der Waals surface area (Å²) in [6.45, 7) is 4.24. The minimum absolute atomic E-state index is 0.0515. The first-order chi connectivity index (χ1) is 11.8. The van der Waals surface area contributed by atoms with Gasteiger partial charge in [0.2, 0.25) is 5.91 Å². The molecule has 0 unspecified atom stereocenters. The second-order valence-electron chi connectivity index (χ2n) is 6.57. The number of nitrogens with zero attached hydrogens (tertiary/aromatic N) is 2. The van der Waals surface area contributed by atoms with Crippen molar-refractivity contribution in [3.8, 4) is 0 Å². The second kappa shape index (κ2) is 7.01. The standard InChI is InChI=1S/C18H21N3O2S/c22-18(20-14-3-1-5-19-7-14)17-12-23-11-13-8-21(10-16(13)17)9-15-4-2-6-24-15/h1-7,13,16-17H,8-12H2,(H,20,22)/t13-,16-,17-/m1/s1. The van der Waals surface area contributed by atoms with E-state index in [9.17, 15) is 4.79 Å². The number of rotatable bonds is 4. The van der Waals surface area contributed by atoms with E-state index in [0.29, 0.717) is 18.4 Å². The lowest BCUT2D eigenvalue weighted by Crippen LogP contribution is -2.41. The normalized spacial score (nSPS) is 26.9. The highest BCUT2D eigenvalue weighted by Gasteiger charge is 2.43. The molecule has 1 amide bonds. The predicted octanol–water partition coefficient (Wildman–Crippen LogP) is 2.48. The Bertz CT molecular complexity index is 677. The zero-order chi connectivity index (χ0) is 16.4. The Morgan fingerprint density at radius 2 is 2.29 bits per heavy atom. The molecule has 0 saturated carbocycles. The molecule has 1 N–H and O–H groups in total.